The van der Waals surface area contributed by atoms with Crippen molar-refractivity contribution >= 4 is 16.7 Å². The third-order valence-corrected chi connectivity index (χ3v) is 6.13. The Morgan fingerprint density at radius 3 is 2.31 bits per heavy atom. The van der Waals surface area contributed by atoms with Crippen LogP contribution in [0.15, 0.2) is 66.7 Å². The van der Waals surface area contributed by atoms with E-state index in [1.165, 1.54) is 14.2 Å². The van der Waals surface area contributed by atoms with Crippen molar-refractivity contribution in [2.75, 3.05) is 34.0 Å². The fourth-order valence-corrected chi connectivity index (χ4v) is 4.30. The van der Waals surface area contributed by atoms with E-state index in [-0.39, 0.29) is 13.2 Å². The molecule has 6 nitrogen and oxygen atoms in total. The SMILES string of the molecule is COCCOC[C@@](C#N)(C(=O)O)[C@@](C)(c1ccccc1OC)c1cccc2ccccc12. The minimum Gasteiger partial charge on any atom is -0.496 e. The maximum Gasteiger partial charge on any atom is 0.327 e. The van der Waals surface area contributed by atoms with Crippen molar-refractivity contribution in [3.63, 3.8) is 0 Å². The highest BCUT2D eigenvalue weighted by Crippen LogP contribution is 2.52. The first-order valence-corrected chi connectivity index (χ1v) is 10.3. The second-order valence-electron chi connectivity index (χ2n) is 7.72. The quantitative estimate of drug-likeness (QED) is 0.477. The van der Waals surface area contributed by atoms with Gasteiger partial charge in [0.05, 0.1) is 38.4 Å². The standard InChI is InChI=1S/C26H27NO5/c1-25(22-12-6-7-14-23(22)31-3,21-13-8-10-19-9-4-5-11-20(19)21)26(17-27,24(28)29)18-32-16-15-30-2/h4-14H,15-16,18H2,1-3H3,(H,28,29)/t25-,26+/m1/s1. The smallest absolute Gasteiger partial charge is 0.327 e. The predicted octanol–water partition coefficient (Wildman–Crippen LogP) is 4.41. The Morgan fingerprint density at radius 1 is 0.969 bits per heavy atom. The minimum absolute atomic E-state index is 0.171. The monoisotopic (exact) mass is 433 g/mol. The summed E-state index contributed by atoms with van der Waals surface area (Å²) in [4.78, 5) is 12.9. The van der Waals surface area contributed by atoms with E-state index < -0.39 is 16.8 Å². The molecule has 32 heavy (non-hydrogen) atoms. The summed E-state index contributed by atoms with van der Waals surface area (Å²) in [5.41, 5.74) is -1.95. The maximum atomic E-state index is 12.9. The lowest BCUT2D eigenvalue weighted by Gasteiger charge is -2.43. The molecule has 0 spiro atoms. The van der Waals surface area contributed by atoms with E-state index in [1.54, 1.807) is 13.0 Å². The Labute approximate surface area is 188 Å². The molecule has 0 saturated heterocycles. The summed E-state index contributed by atoms with van der Waals surface area (Å²) in [5.74, 6) is -0.764. The van der Waals surface area contributed by atoms with Gasteiger partial charge in [-0.2, -0.15) is 5.26 Å². The number of benzene rings is 3. The number of carboxylic acid groups (broad SMARTS) is 1. The summed E-state index contributed by atoms with van der Waals surface area (Å²) in [6, 6.07) is 22.8. The third-order valence-electron chi connectivity index (χ3n) is 6.13. The zero-order valence-electron chi connectivity index (χ0n) is 18.5. The van der Waals surface area contributed by atoms with Crippen molar-refractivity contribution in [3.8, 4) is 11.8 Å². The molecule has 0 aliphatic heterocycles. The zero-order chi connectivity index (χ0) is 23.2. The van der Waals surface area contributed by atoms with Crippen molar-refractivity contribution in [1.29, 1.82) is 5.26 Å². The molecule has 3 aromatic carbocycles. The molecule has 2 atom stereocenters. The van der Waals surface area contributed by atoms with Crippen LogP contribution in [0.25, 0.3) is 10.8 Å². The summed E-state index contributed by atoms with van der Waals surface area (Å²) < 4.78 is 16.3. The van der Waals surface area contributed by atoms with E-state index in [0.29, 0.717) is 23.5 Å². The first kappa shape index (κ1) is 23.3. The van der Waals surface area contributed by atoms with Crippen LogP contribution in [0.4, 0.5) is 0 Å². The van der Waals surface area contributed by atoms with E-state index in [2.05, 4.69) is 6.07 Å². The van der Waals surface area contributed by atoms with Gasteiger partial charge in [-0.3, -0.25) is 4.79 Å². The third kappa shape index (κ3) is 3.81. The van der Waals surface area contributed by atoms with Gasteiger partial charge in [0.25, 0.3) is 0 Å². The number of ether oxygens (including phenoxy) is 3. The number of para-hydroxylation sites is 1. The molecule has 0 fully saturated rings. The second-order valence-corrected chi connectivity index (χ2v) is 7.72. The Hall–Kier alpha value is -3.40. The van der Waals surface area contributed by atoms with Gasteiger partial charge < -0.3 is 19.3 Å². The van der Waals surface area contributed by atoms with Crippen LogP contribution in [0.2, 0.25) is 0 Å². The van der Waals surface area contributed by atoms with Gasteiger partial charge in [0.2, 0.25) is 0 Å². The van der Waals surface area contributed by atoms with Crippen LogP contribution in [-0.2, 0) is 19.7 Å². The fourth-order valence-electron chi connectivity index (χ4n) is 4.30. The molecule has 0 saturated carbocycles. The van der Waals surface area contributed by atoms with E-state index >= 15 is 0 Å². The summed E-state index contributed by atoms with van der Waals surface area (Å²) in [7, 11) is 3.07. The second kappa shape index (κ2) is 9.82. The summed E-state index contributed by atoms with van der Waals surface area (Å²) in [5, 5.41) is 22.7. The van der Waals surface area contributed by atoms with E-state index in [4.69, 9.17) is 14.2 Å². The summed E-state index contributed by atoms with van der Waals surface area (Å²) in [6.07, 6.45) is 0. The number of hydrogen-bond acceptors (Lipinski definition) is 5. The first-order valence-electron chi connectivity index (χ1n) is 10.3. The summed E-state index contributed by atoms with van der Waals surface area (Å²) in [6.45, 7) is 1.93. The number of nitriles is 1. The lowest BCUT2D eigenvalue weighted by atomic mass is 9.57. The molecule has 0 amide bonds. The normalized spacial score (nSPS) is 14.8. The van der Waals surface area contributed by atoms with E-state index in [1.807, 2.05) is 60.7 Å². The van der Waals surface area contributed by atoms with Crippen LogP contribution in [0.1, 0.15) is 18.1 Å². The molecule has 0 heterocycles. The Morgan fingerprint density at radius 2 is 1.62 bits per heavy atom. The molecule has 0 unspecified atom stereocenters. The molecule has 0 aliphatic rings. The Kier molecular flexibility index (Phi) is 7.14. The van der Waals surface area contributed by atoms with Crippen molar-refractivity contribution in [2.45, 2.75) is 12.3 Å². The topological polar surface area (TPSA) is 88.8 Å². The van der Waals surface area contributed by atoms with Gasteiger partial charge in [-0.15, -0.1) is 0 Å². The van der Waals surface area contributed by atoms with Crippen LogP contribution < -0.4 is 4.74 Å². The van der Waals surface area contributed by atoms with Crippen LogP contribution in [0.3, 0.4) is 0 Å². The average molecular weight is 434 g/mol. The van der Waals surface area contributed by atoms with Gasteiger partial charge in [-0.05, 0) is 29.3 Å². The van der Waals surface area contributed by atoms with Crippen molar-refractivity contribution in [2.24, 2.45) is 5.41 Å². The molecular weight excluding hydrogens is 406 g/mol. The van der Waals surface area contributed by atoms with Crippen molar-refractivity contribution in [1.82, 2.24) is 0 Å². The number of fused-ring (bicyclic) bond motifs is 1. The highest BCUT2D eigenvalue weighted by molar-refractivity contribution is 5.91. The first-order chi connectivity index (χ1) is 15.5. The lowest BCUT2D eigenvalue weighted by Crippen LogP contribution is -2.52. The van der Waals surface area contributed by atoms with Crippen LogP contribution in [0, 0.1) is 16.7 Å². The van der Waals surface area contributed by atoms with Crippen LogP contribution in [0.5, 0.6) is 5.75 Å². The molecule has 3 aromatic rings. The highest BCUT2D eigenvalue weighted by atomic mass is 16.5. The van der Waals surface area contributed by atoms with Gasteiger partial charge in [-0.1, -0.05) is 60.7 Å². The molecule has 0 aliphatic carbocycles. The Bertz CT molecular complexity index is 1130. The Balaban J connectivity index is 2.38. The van der Waals surface area contributed by atoms with Gasteiger partial charge in [0.15, 0.2) is 5.41 Å². The number of aliphatic carboxylic acids is 1. The number of carboxylic acids is 1. The van der Waals surface area contributed by atoms with E-state index in [0.717, 1.165) is 10.8 Å². The zero-order valence-corrected chi connectivity index (χ0v) is 18.5. The number of methoxy groups -OCH3 is 2. The number of nitrogens with zero attached hydrogens (tertiary/aromatic N) is 1. The minimum atomic E-state index is -1.94. The number of rotatable bonds is 10. The largest absolute Gasteiger partial charge is 0.496 e. The van der Waals surface area contributed by atoms with E-state index in [9.17, 15) is 15.2 Å². The number of hydrogen-bond donors (Lipinski definition) is 1. The predicted molar refractivity (Wildman–Crippen MR) is 122 cm³/mol. The lowest BCUT2D eigenvalue weighted by molar-refractivity contribution is -0.152. The van der Waals surface area contributed by atoms with Crippen molar-refractivity contribution in [3.05, 3.63) is 77.9 Å². The molecule has 6 heteroatoms. The molecule has 166 valence electrons. The maximum absolute atomic E-state index is 12.9. The average Bonchev–Trinajstić information content (AvgIpc) is 2.83. The van der Waals surface area contributed by atoms with Crippen LogP contribution in [-0.4, -0.2) is 45.1 Å². The molecule has 0 bridgehead atoms. The van der Waals surface area contributed by atoms with Crippen molar-refractivity contribution < 1.29 is 24.1 Å². The van der Waals surface area contributed by atoms with Gasteiger partial charge in [0.1, 0.15) is 5.75 Å². The van der Waals surface area contributed by atoms with Gasteiger partial charge in [-0.25, -0.2) is 0 Å². The molecule has 3 rings (SSSR count). The summed E-state index contributed by atoms with van der Waals surface area (Å²) >= 11 is 0. The molecule has 1 N–H and O–H groups in total. The molecule has 0 aromatic heterocycles. The molecule has 0 radical (unpaired) electrons. The van der Waals surface area contributed by atoms with Gasteiger partial charge >= 0.3 is 5.97 Å². The van der Waals surface area contributed by atoms with Crippen LogP contribution >= 0.6 is 0 Å². The number of carbonyl (C=O) groups is 1. The fraction of sp³-hybridized carbons (Fsp3) is 0.308. The van der Waals surface area contributed by atoms with Gasteiger partial charge in [0, 0.05) is 12.7 Å². The highest BCUT2D eigenvalue weighted by Gasteiger charge is 2.58. The molecular formula is C26H27NO5.